The van der Waals surface area contributed by atoms with Gasteiger partial charge in [0.05, 0.1) is 18.1 Å². The summed E-state index contributed by atoms with van der Waals surface area (Å²) in [6, 6.07) is 0.0613. The van der Waals surface area contributed by atoms with E-state index in [0.717, 1.165) is 19.3 Å². The number of nitrogens with zero attached hydrogens (tertiary/aromatic N) is 1. The largest absolute Gasteiger partial charge is 0.351 e. The Balaban J connectivity index is 2.07. The molecule has 4 atom stereocenters. The van der Waals surface area contributed by atoms with Crippen molar-refractivity contribution in [2.24, 2.45) is 5.73 Å². The molecule has 0 bridgehead atoms. The van der Waals surface area contributed by atoms with Gasteiger partial charge in [0, 0.05) is 25.0 Å². The van der Waals surface area contributed by atoms with Crippen molar-refractivity contribution in [3.8, 4) is 0 Å². The molecule has 0 aromatic carbocycles. The second kappa shape index (κ2) is 6.54. The number of rotatable bonds is 3. The minimum Gasteiger partial charge on any atom is -0.351 e. The molecule has 0 spiro atoms. The van der Waals surface area contributed by atoms with Crippen LogP contribution in [0.5, 0.6) is 0 Å². The minimum absolute atomic E-state index is 0.000324. The third-order valence-electron chi connectivity index (χ3n) is 4.52. The highest BCUT2D eigenvalue weighted by atomic mass is 16.2. The van der Waals surface area contributed by atoms with Crippen LogP contribution in [0.15, 0.2) is 0 Å². The summed E-state index contributed by atoms with van der Waals surface area (Å²) >= 11 is 0. The summed E-state index contributed by atoms with van der Waals surface area (Å²) in [5.74, 6) is -0.00932. The zero-order chi connectivity index (χ0) is 16.5. The van der Waals surface area contributed by atoms with Gasteiger partial charge in [0.2, 0.25) is 11.8 Å². The maximum Gasteiger partial charge on any atom is 0.239 e. The molecule has 6 nitrogen and oxygen atoms in total. The number of amides is 2. The van der Waals surface area contributed by atoms with E-state index in [1.54, 1.807) is 0 Å². The number of likely N-dealkylation sites (tertiary alicyclic amines) is 1. The molecule has 0 aromatic rings. The number of nitrogens with two attached hydrogens (primary N) is 1. The molecule has 1 saturated carbocycles. The van der Waals surface area contributed by atoms with E-state index in [4.69, 9.17) is 5.73 Å². The van der Waals surface area contributed by atoms with Crippen LogP contribution in [-0.2, 0) is 9.59 Å². The molecule has 0 radical (unpaired) electrons. The third-order valence-corrected chi connectivity index (χ3v) is 4.52. The van der Waals surface area contributed by atoms with Gasteiger partial charge in [-0.1, -0.05) is 0 Å². The van der Waals surface area contributed by atoms with E-state index in [0.29, 0.717) is 19.0 Å². The lowest BCUT2D eigenvalue weighted by molar-refractivity contribution is -0.133. The topological polar surface area (TPSA) is 87.5 Å². The summed E-state index contributed by atoms with van der Waals surface area (Å²) in [7, 11) is 0. The van der Waals surface area contributed by atoms with E-state index in [1.165, 1.54) is 6.92 Å². The molecule has 1 saturated heterocycles. The molecule has 1 heterocycles. The predicted octanol–water partition coefficient (Wildman–Crippen LogP) is 0.360. The number of nitrogens with one attached hydrogen (secondary N) is 2. The zero-order valence-electron chi connectivity index (χ0n) is 14.2. The van der Waals surface area contributed by atoms with Crippen LogP contribution in [-0.4, -0.2) is 53.0 Å². The quantitative estimate of drug-likeness (QED) is 0.702. The highest BCUT2D eigenvalue weighted by molar-refractivity contribution is 5.84. The van der Waals surface area contributed by atoms with Crippen molar-refractivity contribution in [3.05, 3.63) is 0 Å². The van der Waals surface area contributed by atoms with Crippen LogP contribution in [0.3, 0.4) is 0 Å². The fourth-order valence-corrected chi connectivity index (χ4v) is 3.74. The molecule has 2 fully saturated rings. The van der Waals surface area contributed by atoms with Crippen LogP contribution >= 0.6 is 0 Å². The first kappa shape index (κ1) is 17.2. The Morgan fingerprint density at radius 1 is 1.27 bits per heavy atom. The first-order chi connectivity index (χ1) is 10.2. The molecule has 1 aliphatic carbocycles. The zero-order valence-corrected chi connectivity index (χ0v) is 14.2. The van der Waals surface area contributed by atoms with E-state index < -0.39 is 0 Å². The molecule has 0 aromatic heterocycles. The predicted molar refractivity (Wildman–Crippen MR) is 86.2 cm³/mol. The Morgan fingerprint density at radius 3 is 2.45 bits per heavy atom. The molecular weight excluding hydrogens is 280 g/mol. The molecule has 22 heavy (non-hydrogen) atoms. The molecule has 2 amide bonds. The third kappa shape index (κ3) is 4.20. The minimum atomic E-state index is -0.372. The maximum atomic E-state index is 12.2. The van der Waals surface area contributed by atoms with Gasteiger partial charge < -0.3 is 21.3 Å². The van der Waals surface area contributed by atoms with Crippen molar-refractivity contribution < 1.29 is 9.59 Å². The Morgan fingerprint density at radius 2 is 1.95 bits per heavy atom. The lowest BCUT2D eigenvalue weighted by Crippen LogP contribution is -2.59. The highest BCUT2D eigenvalue weighted by Crippen LogP contribution is 2.28. The van der Waals surface area contributed by atoms with E-state index in [-0.39, 0.29) is 35.5 Å². The molecule has 2 rings (SSSR count). The van der Waals surface area contributed by atoms with Gasteiger partial charge >= 0.3 is 0 Å². The van der Waals surface area contributed by atoms with Crippen LogP contribution in [0.1, 0.15) is 53.4 Å². The van der Waals surface area contributed by atoms with Gasteiger partial charge in [-0.3, -0.25) is 9.59 Å². The lowest BCUT2D eigenvalue weighted by Gasteiger charge is -2.43. The van der Waals surface area contributed by atoms with Gasteiger partial charge in [-0.05, 0) is 46.5 Å². The molecule has 4 N–H and O–H groups in total. The van der Waals surface area contributed by atoms with Crippen molar-refractivity contribution in [3.63, 3.8) is 0 Å². The Kier molecular flexibility index (Phi) is 5.12. The van der Waals surface area contributed by atoms with Gasteiger partial charge in [0.1, 0.15) is 0 Å². The van der Waals surface area contributed by atoms with Crippen molar-refractivity contribution in [2.75, 3.05) is 6.54 Å². The van der Waals surface area contributed by atoms with Crippen molar-refractivity contribution in [2.45, 2.75) is 83.1 Å². The summed E-state index contributed by atoms with van der Waals surface area (Å²) in [6.45, 7) is 8.69. The van der Waals surface area contributed by atoms with E-state index in [1.807, 2.05) is 4.90 Å². The van der Waals surface area contributed by atoms with Crippen LogP contribution in [0.4, 0.5) is 0 Å². The smallest absolute Gasteiger partial charge is 0.239 e. The first-order valence-corrected chi connectivity index (χ1v) is 8.28. The van der Waals surface area contributed by atoms with Crippen LogP contribution in [0.25, 0.3) is 0 Å². The Labute approximate surface area is 133 Å². The van der Waals surface area contributed by atoms with E-state index in [2.05, 4.69) is 31.4 Å². The van der Waals surface area contributed by atoms with Crippen molar-refractivity contribution >= 4 is 11.8 Å². The number of hydrogen-bond donors (Lipinski definition) is 3. The summed E-state index contributed by atoms with van der Waals surface area (Å²) in [4.78, 5) is 25.7. The van der Waals surface area contributed by atoms with Gasteiger partial charge in [0.15, 0.2) is 0 Å². The summed E-state index contributed by atoms with van der Waals surface area (Å²) < 4.78 is 0. The Hall–Kier alpha value is -1.14. The van der Waals surface area contributed by atoms with Gasteiger partial charge in [-0.15, -0.1) is 0 Å². The fraction of sp³-hybridized carbons (Fsp3) is 0.875. The number of hydrogen-bond acceptors (Lipinski definition) is 4. The first-order valence-electron chi connectivity index (χ1n) is 8.28. The lowest BCUT2D eigenvalue weighted by atomic mass is 9.84. The molecule has 6 heteroatoms. The summed E-state index contributed by atoms with van der Waals surface area (Å²) in [5, 5.41) is 6.66. The van der Waals surface area contributed by atoms with Crippen LogP contribution in [0.2, 0.25) is 0 Å². The fourth-order valence-electron chi connectivity index (χ4n) is 3.74. The average molecular weight is 310 g/mol. The molecular formula is C16H30N4O2. The molecule has 1 aliphatic heterocycles. The SMILES string of the molecule is CC(=O)N[C@H]1C[C@H](NC(C)(C)C)CC[C@@H]1N1CC[C@H](N)C1=O. The summed E-state index contributed by atoms with van der Waals surface area (Å²) in [5.41, 5.74) is 5.89. The maximum absolute atomic E-state index is 12.2. The van der Waals surface area contributed by atoms with Crippen LogP contribution in [0, 0.1) is 0 Å². The normalized spacial score (nSPS) is 33.1. The van der Waals surface area contributed by atoms with Crippen LogP contribution < -0.4 is 16.4 Å². The van der Waals surface area contributed by atoms with E-state index >= 15 is 0 Å². The van der Waals surface area contributed by atoms with Crippen molar-refractivity contribution in [1.82, 2.24) is 15.5 Å². The molecule has 0 unspecified atom stereocenters. The second-order valence-electron chi connectivity index (χ2n) is 7.71. The van der Waals surface area contributed by atoms with Crippen molar-refractivity contribution in [1.29, 1.82) is 0 Å². The number of carbonyl (C=O) groups is 2. The van der Waals surface area contributed by atoms with Gasteiger partial charge in [-0.25, -0.2) is 0 Å². The average Bonchev–Trinajstić information content (AvgIpc) is 2.68. The molecule has 126 valence electrons. The second-order valence-corrected chi connectivity index (χ2v) is 7.71. The molecule has 2 aliphatic rings. The van der Waals surface area contributed by atoms with E-state index in [9.17, 15) is 9.59 Å². The van der Waals surface area contributed by atoms with Gasteiger partial charge in [0.25, 0.3) is 0 Å². The van der Waals surface area contributed by atoms with Gasteiger partial charge in [-0.2, -0.15) is 0 Å². The number of carbonyl (C=O) groups excluding carboxylic acids is 2. The highest BCUT2D eigenvalue weighted by Gasteiger charge is 2.41. The Bertz CT molecular complexity index is 432. The standard InChI is InChI=1S/C16H30N4O2/c1-10(21)18-13-9-11(19-16(2,3)4)5-6-14(13)20-8-7-12(17)15(20)22/h11-14,19H,5-9,17H2,1-4H3,(H,18,21)/t11-,12+,13+,14+/m1/s1. The monoisotopic (exact) mass is 310 g/mol. The summed E-state index contributed by atoms with van der Waals surface area (Å²) in [6.07, 6.45) is 3.47.